The van der Waals surface area contributed by atoms with Crippen molar-refractivity contribution in [1.29, 1.82) is 0 Å². The minimum absolute atomic E-state index is 0.147. The van der Waals surface area contributed by atoms with Crippen molar-refractivity contribution < 1.29 is 21.8 Å². The molecule has 1 amide bonds. The van der Waals surface area contributed by atoms with E-state index in [-0.39, 0.29) is 18.3 Å². The van der Waals surface area contributed by atoms with Gasteiger partial charge in [0.25, 0.3) is 5.91 Å². The fourth-order valence-corrected chi connectivity index (χ4v) is 1.68. The van der Waals surface area contributed by atoms with Crippen LogP contribution in [0.3, 0.4) is 0 Å². The van der Waals surface area contributed by atoms with Gasteiger partial charge >= 0.3 is 10.2 Å². The van der Waals surface area contributed by atoms with E-state index >= 15 is 0 Å². The molecule has 0 spiro atoms. The van der Waals surface area contributed by atoms with Gasteiger partial charge in [-0.3, -0.25) is 4.79 Å². The zero-order chi connectivity index (χ0) is 11.1. The number of fused-ring (bicyclic) bond motifs is 1. The number of hydrogen-bond acceptors (Lipinski definition) is 4. The van der Waals surface area contributed by atoms with E-state index in [0.717, 1.165) is 12.1 Å². The molecule has 0 fully saturated rings. The highest BCUT2D eigenvalue weighted by Gasteiger charge is 2.19. The third-order valence-corrected chi connectivity index (χ3v) is 2.68. The number of amides is 1. The third-order valence-electron chi connectivity index (χ3n) is 1.87. The molecule has 15 heavy (non-hydrogen) atoms. The van der Waals surface area contributed by atoms with Crippen molar-refractivity contribution in [3.8, 4) is 5.75 Å². The SMILES string of the molecule is O=C1COc2cc(S(=O)(=O)F)ccc2N1. The smallest absolute Gasteiger partial charge is 0.332 e. The highest BCUT2D eigenvalue weighted by atomic mass is 32.3. The molecule has 0 saturated carbocycles. The van der Waals surface area contributed by atoms with Crippen molar-refractivity contribution in [3.63, 3.8) is 0 Å². The van der Waals surface area contributed by atoms with Gasteiger partial charge in [-0.05, 0) is 12.1 Å². The molecule has 0 aliphatic carbocycles. The molecule has 0 saturated heterocycles. The lowest BCUT2D eigenvalue weighted by Crippen LogP contribution is -2.25. The first-order valence-electron chi connectivity index (χ1n) is 3.98. The lowest BCUT2D eigenvalue weighted by molar-refractivity contribution is -0.118. The molecular weight excluding hydrogens is 225 g/mol. The molecule has 80 valence electrons. The number of halogens is 1. The van der Waals surface area contributed by atoms with Crippen LogP contribution in [-0.4, -0.2) is 20.9 Å². The molecule has 5 nitrogen and oxygen atoms in total. The number of hydrogen-bond donors (Lipinski definition) is 1. The average Bonchev–Trinajstić information content (AvgIpc) is 2.15. The average molecular weight is 231 g/mol. The first-order chi connectivity index (χ1) is 6.97. The fraction of sp³-hybridized carbons (Fsp3) is 0.125. The summed E-state index contributed by atoms with van der Waals surface area (Å²) >= 11 is 0. The summed E-state index contributed by atoms with van der Waals surface area (Å²) in [5.74, 6) is -0.188. The van der Waals surface area contributed by atoms with Crippen LogP contribution in [0.15, 0.2) is 23.1 Å². The molecule has 0 bridgehead atoms. The van der Waals surface area contributed by atoms with E-state index in [0.29, 0.717) is 5.69 Å². The Bertz CT molecular complexity index is 525. The third kappa shape index (κ3) is 1.91. The molecule has 0 atom stereocenters. The molecule has 1 N–H and O–H groups in total. The molecule has 1 heterocycles. The number of ether oxygens (including phenoxy) is 1. The standard InChI is InChI=1S/C8H6FNO4S/c9-15(12,13)5-1-2-6-7(3-5)14-4-8(11)10-6/h1-3H,4H2,(H,10,11). The van der Waals surface area contributed by atoms with Crippen molar-refractivity contribution in [2.75, 3.05) is 11.9 Å². The van der Waals surface area contributed by atoms with E-state index in [1.54, 1.807) is 0 Å². The molecule has 1 aromatic carbocycles. The van der Waals surface area contributed by atoms with Crippen LogP contribution < -0.4 is 10.1 Å². The van der Waals surface area contributed by atoms with Crippen LogP contribution >= 0.6 is 0 Å². The molecular formula is C8H6FNO4S. The van der Waals surface area contributed by atoms with Crippen LogP contribution in [0.25, 0.3) is 0 Å². The Morgan fingerprint density at radius 2 is 2.13 bits per heavy atom. The van der Waals surface area contributed by atoms with Crippen LogP contribution in [0.1, 0.15) is 0 Å². The van der Waals surface area contributed by atoms with Gasteiger partial charge in [-0.25, -0.2) is 0 Å². The second-order valence-corrected chi connectivity index (χ2v) is 4.28. The lowest BCUT2D eigenvalue weighted by atomic mass is 10.2. The second kappa shape index (κ2) is 3.20. The summed E-state index contributed by atoms with van der Waals surface area (Å²) in [7, 11) is -4.74. The van der Waals surface area contributed by atoms with Crippen molar-refractivity contribution in [3.05, 3.63) is 18.2 Å². The predicted octanol–water partition coefficient (Wildman–Crippen LogP) is 0.676. The van der Waals surface area contributed by atoms with Crippen LogP contribution in [0.2, 0.25) is 0 Å². The van der Waals surface area contributed by atoms with E-state index < -0.39 is 15.1 Å². The zero-order valence-corrected chi connectivity index (χ0v) is 8.17. The zero-order valence-electron chi connectivity index (χ0n) is 7.36. The Morgan fingerprint density at radius 1 is 1.40 bits per heavy atom. The Morgan fingerprint density at radius 3 is 2.80 bits per heavy atom. The summed E-state index contributed by atoms with van der Waals surface area (Å²) in [6.45, 7) is -0.206. The van der Waals surface area contributed by atoms with E-state index in [1.807, 2.05) is 0 Å². The van der Waals surface area contributed by atoms with E-state index in [9.17, 15) is 17.1 Å². The molecule has 7 heteroatoms. The second-order valence-electron chi connectivity index (χ2n) is 2.93. The fourth-order valence-electron chi connectivity index (χ4n) is 1.21. The maximum atomic E-state index is 12.6. The van der Waals surface area contributed by atoms with Crippen molar-refractivity contribution in [1.82, 2.24) is 0 Å². The molecule has 1 aromatic rings. The van der Waals surface area contributed by atoms with Gasteiger partial charge in [-0.2, -0.15) is 8.42 Å². The Labute approximate surface area is 85.1 Å². The van der Waals surface area contributed by atoms with Crippen molar-refractivity contribution >= 4 is 21.8 Å². The van der Waals surface area contributed by atoms with Crippen LogP contribution in [0.4, 0.5) is 9.57 Å². The van der Waals surface area contributed by atoms with Crippen molar-refractivity contribution in [2.45, 2.75) is 4.90 Å². The van der Waals surface area contributed by atoms with E-state index in [4.69, 9.17) is 4.74 Å². The van der Waals surface area contributed by atoms with Gasteiger partial charge in [-0.1, -0.05) is 0 Å². The largest absolute Gasteiger partial charge is 0.482 e. The molecule has 1 aliphatic heterocycles. The number of anilines is 1. The van der Waals surface area contributed by atoms with Gasteiger partial charge in [-0.15, -0.1) is 3.89 Å². The summed E-state index contributed by atoms with van der Waals surface area (Å²) in [6.07, 6.45) is 0. The summed E-state index contributed by atoms with van der Waals surface area (Å²) < 4.78 is 38.7. The summed E-state index contributed by atoms with van der Waals surface area (Å²) in [6, 6.07) is 3.37. The van der Waals surface area contributed by atoms with Gasteiger partial charge in [0.2, 0.25) is 0 Å². The number of carbonyl (C=O) groups excluding carboxylic acids is 1. The maximum absolute atomic E-state index is 12.6. The summed E-state index contributed by atoms with van der Waals surface area (Å²) in [4.78, 5) is 10.4. The lowest BCUT2D eigenvalue weighted by Gasteiger charge is -2.17. The minimum Gasteiger partial charge on any atom is -0.482 e. The minimum atomic E-state index is -4.74. The molecule has 1 aliphatic rings. The predicted molar refractivity (Wildman–Crippen MR) is 48.9 cm³/mol. The highest BCUT2D eigenvalue weighted by Crippen LogP contribution is 2.30. The van der Waals surface area contributed by atoms with Crippen molar-refractivity contribution in [2.24, 2.45) is 0 Å². The topological polar surface area (TPSA) is 72.5 Å². The number of rotatable bonds is 1. The van der Waals surface area contributed by atoms with E-state index in [1.165, 1.54) is 6.07 Å². The number of benzene rings is 1. The van der Waals surface area contributed by atoms with Gasteiger partial charge in [0.05, 0.1) is 5.69 Å². The van der Waals surface area contributed by atoms with Crippen LogP contribution in [-0.2, 0) is 15.0 Å². The monoisotopic (exact) mass is 231 g/mol. The first-order valence-corrected chi connectivity index (χ1v) is 5.36. The van der Waals surface area contributed by atoms with Crippen LogP contribution in [0, 0.1) is 0 Å². The van der Waals surface area contributed by atoms with Gasteiger partial charge in [0, 0.05) is 6.07 Å². The molecule has 0 aromatic heterocycles. The molecule has 0 radical (unpaired) electrons. The summed E-state index contributed by atoms with van der Waals surface area (Å²) in [5.41, 5.74) is 0.332. The Hall–Kier alpha value is -1.63. The quantitative estimate of drug-likeness (QED) is 0.721. The molecule has 2 rings (SSSR count). The Kier molecular flexibility index (Phi) is 2.11. The summed E-state index contributed by atoms with van der Waals surface area (Å²) in [5, 5.41) is 2.46. The van der Waals surface area contributed by atoms with Gasteiger partial charge < -0.3 is 10.1 Å². The first kappa shape index (κ1) is 9.91. The Balaban J connectivity index is 2.48. The maximum Gasteiger partial charge on any atom is 0.332 e. The normalized spacial score (nSPS) is 15.1. The van der Waals surface area contributed by atoms with Crippen LogP contribution in [0.5, 0.6) is 5.75 Å². The van der Waals surface area contributed by atoms with Gasteiger partial charge in [0.1, 0.15) is 10.6 Å². The number of nitrogens with one attached hydrogen (secondary N) is 1. The molecule has 0 unspecified atom stereocenters. The van der Waals surface area contributed by atoms with Gasteiger partial charge in [0.15, 0.2) is 6.61 Å². The highest BCUT2D eigenvalue weighted by molar-refractivity contribution is 7.86. The van der Waals surface area contributed by atoms with E-state index in [2.05, 4.69) is 5.32 Å². The number of carbonyl (C=O) groups is 1.